The summed E-state index contributed by atoms with van der Waals surface area (Å²) in [6, 6.07) is 5.27. The summed E-state index contributed by atoms with van der Waals surface area (Å²) in [4.78, 5) is 24.0. The van der Waals surface area contributed by atoms with E-state index in [-0.39, 0.29) is 24.4 Å². The number of amides is 1. The first kappa shape index (κ1) is 17.3. The molecule has 1 amide bonds. The number of hydrogen-bond donors (Lipinski definition) is 1. The minimum Gasteiger partial charge on any atom is -0.497 e. The largest absolute Gasteiger partial charge is 0.497 e. The van der Waals surface area contributed by atoms with Crippen LogP contribution in [0.2, 0.25) is 0 Å². The highest BCUT2D eigenvalue weighted by Gasteiger charge is 2.21. The molecule has 2 aromatic rings. The van der Waals surface area contributed by atoms with Crippen LogP contribution in [0, 0.1) is 6.92 Å². The summed E-state index contributed by atoms with van der Waals surface area (Å²) in [5, 5.41) is 3.47. The molecular weight excluding hydrogens is 326 g/mol. The Labute approximate surface area is 145 Å². The number of ether oxygens (including phenoxy) is 3. The van der Waals surface area contributed by atoms with Gasteiger partial charge in [-0.2, -0.15) is 0 Å². The van der Waals surface area contributed by atoms with Gasteiger partial charge < -0.3 is 23.9 Å². The van der Waals surface area contributed by atoms with E-state index in [1.54, 1.807) is 32.2 Å². The lowest BCUT2D eigenvalue weighted by atomic mass is 10.1. The van der Waals surface area contributed by atoms with Crippen LogP contribution in [0.3, 0.4) is 0 Å². The average molecular weight is 347 g/mol. The van der Waals surface area contributed by atoms with E-state index >= 15 is 0 Å². The number of esters is 1. The summed E-state index contributed by atoms with van der Waals surface area (Å²) in [5.41, 5.74) is 1.21. The fourth-order valence-corrected chi connectivity index (χ4v) is 2.80. The van der Waals surface area contributed by atoms with Crippen molar-refractivity contribution < 1.29 is 28.2 Å². The second kappa shape index (κ2) is 7.57. The fraction of sp³-hybridized carbons (Fsp3) is 0.444. The second-order valence-electron chi connectivity index (χ2n) is 5.93. The summed E-state index contributed by atoms with van der Waals surface area (Å²) < 4.78 is 21.2. The number of rotatable bonds is 6. The van der Waals surface area contributed by atoms with Gasteiger partial charge in [0.15, 0.2) is 6.61 Å². The lowest BCUT2D eigenvalue weighted by Gasteiger charge is -2.10. The zero-order valence-corrected chi connectivity index (χ0v) is 14.3. The molecule has 1 aromatic heterocycles. The van der Waals surface area contributed by atoms with Crippen LogP contribution in [0.15, 0.2) is 22.6 Å². The Bertz CT molecular complexity index is 775. The molecule has 134 valence electrons. The van der Waals surface area contributed by atoms with Gasteiger partial charge in [-0.25, -0.2) is 4.79 Å². The quantitative estimate of drug-likeness (QED) is 0.806. The van der Waals surface area contributed by atoms with Gasteiger partial charge in [0, 0.05) is 24.1 Å². The van der Waals surface area contributed by atoms with Crippen molar-refractivity contribution in [2.75, 3.05) is 26.9 Å². The van der Waals surface area contributed by atoms with Gasteiger partial charge in [-0.15, -0.1) is 0 Å². The van der Waals surface area contributed by atoms with Crippen LogP contribution in [-0.2, 0) is 14.3 Å². The summed E-state index contributed by atoms with van der Waals surface area (Å²) in [6.45, 7) is 2.57. The number of carbonyl (C=O) groups is 2. The van der Waals surface area contributed by atoms with E-state index in [0.717, 1.165) is 24.8 Å². The Balaban J connectivity index is 1.58. The Morgan fingerprint density at radius 1 is 1.36 bits per heavy atom. The van der Waals surface area contributed by atoms with E-state index in [4.69, 9.17) is 18.6 Å². The number of furan rings is 1. The Morgan fingerprint density at radius 3 is 2.92 bits per heavy atom. The molecule has 0 saturated carbocycles. The maximum absolute atomic E-state index is 12.2. The molecule has 2 heterocycles. The summed E-state index contributed by atoms with van der Waals surface area (Å²) in [6.07, 6.45) is 1.99. The molecule has 1 aliphatic rings. The monoisotopic (exact) mass is 347 g/mol. The van der Waals surface area contributed by atoms with Crippen molar-refractivity contribution >= 4 is 22.8 Å². The molecule has 1 atom stereocenters. The normalized spacial score (nSPS) is 16.8. The number of carbonyl (C=O) groups excluding carboxylic acids is 2. The molecule has 7 heteroatoms. The lowest BCUT2D eigenvalue weighted by Crippen LogP contribution is -2.34. The molecule has 0 radical (unpaired) electrons. The Kier molecular flexibility index (Phi) is 5.23. The van der Waals surface area contributed by atoms with E-state index in [1.807, 2.05) is 0 Å². The second-order valence-corrected chi connectivity index (χ2v) is 5.93. The molecule has 1 aliphatic heterocycles. The number of nitrogens with one attached hydrogen (secondary N) is 1. The average Bonchev–Trinajstić information content (AvgIpc) is 3.25. The smallest absolute Gasteiger partial charge is 0.375 e. The Morgan fingerprint density at radius 2 is 2.20 bits per heavy atom. The van der Waals surface area contributed by atoms with E-state index in [1.165, 1.54) is 0 Å². The molecule has 3 rings (SSSR count). The highest BCUT2D eigenvalue weighted by Crippen LogP contribution is 2.29. The van der Waals surface area contributed by atoms with Crippen LogP contribution in [0.5, 0.6) is 5.75 Å². The highest BCUT2D eigenvalue weighted by atomic mass is 16.5. The van der Waals surface area contributed by atoms with Gasteiger partial charge in [0.25, 0.3) is 5.91 Å². The number of fused-ring (bicyclic) bond motifs is 1. The first-order chi connectivity index (χ1) is 12.1. The van der Waals surface area contributed by atoms with Crippen LogP contribution in [0.4, 0.5) is 0 Å². The van der Waals surface area contributed by atoms with Crippen LogP contribution in [-0.4, -0.2) is 44.8 Å². The SMILES string of the molecule is COc1ccc2oc(C(=O)OCC(=O)NC[C@@H]3CCCO3)c(C)c2c1. The van der Waals surface area contributed by atoms with Crippen molar-refractivity contribution in [2.24, 2.45) is 0 Å². The standard InChI is InChI=1S/C18H21NO6/c1-11-14-8-12(22-2)5-6-15(14)25-17(11)18(21)24-10-16(20)19-9-13-4-3-7-23-13/h5-6,8,13H,3-4,7,9-10H2,1-2H3,(H,19,20)/t13-/m0/s1. The first-order valence-corrected chi connectivity index (χ1v) is 8.21. The minimum absolute atomic E-state index is 0.0484. The van der Waals surface area contributed by atoms with Crippen LogP contribution < -0.4 is 10.1 Å². The van der Waals surface area contributed by atoms with Crippen molar-refractivity contribution in [1.29, 1.82) is 0 Å². The fourth-order valence-electron chi connectivity index (χ4n) is 2.80. The zero-order chi connectivity index (χ0) is 17.8. The van der Waals surface area contributed by atoms with Crippen molar-refractivity contribution in [3.8, 4) is 5.75 Å². The predicted molar refractivity (Wildman–Crippen MR) is 89.8 cm³/mol. The van der Waals surface area contributed by atoms with Crippen LogP contribution in [0.25, 0.3) is 11.0 Å². The maximum Gasteiger partial charge on any atom is 0.375 e. The molecule has 0 aliphatic carbocycles. The number of methoxy groups -OCH3 is 1. The predicted octanol–water partition coefficient (Wildman–Crippen LogP) is 2.20. The van der Waals surface area contributed by atoms with Gasteiger partial charge >= 0.3 is 5.97 Å². The molecule has 0 unspecified atom stereocenters. The van der Waals surface area contributed by atoms with Crippen molar-refractivity contribution in [3.05, 3.63) is 29.5 Å². The third-order valence-corrected chi connectivity index (χ3v) is 4.21. The molecular formula is C18H21NO6. The zero-order valence-electron chi connectivity index (χ0n) is 14.3. The summed E-state index contributed by atoms with van der Waals surface area (Å²) >= 11 is 0. The molecule has 0 spiro atoms. The van der Waals surface area contributed by atoms with E-state index < -0.39 is 5.97 Å². The molecule has 0 bridgehead atoms. The van der Waals surface area contributed by atoms with Crippen molar-refractivity contribution in [2.45, 2.75) is 25.9 Å². The van der Waals surface area contributed by atoms with Gasteiger partial charge in [0.05, 0.1) is 13.2 Å². The van der Waals surface area contributed by atoms with Gasteiger partial charge in [-0.3, -0.25) is 4.79 Å². The topological polar surface area (TPSA) is 87.0 Å². The van der Waals surface area contributed by atoms with Crippen molar-refractivity contribution in [1.82, 2.24) is 5.32 Å². The van der Waals surface area contributed by atoms with Crippen LogP contribution >= 0.6 is 0 Å². The third-order valence-electron chi connectivity index (χ3n) is 4.21. The number of hydrogen-bond acceptors (Lipinski definition) is 6. The first-order valence-electron chi connectivity index (χ1n) is 8.21. The Hall–Kier alpha value is -2.54. The molecule has 1 saturated heterocycles. The maximum atomic E-state index is 12.2. The van der Waals surface area contributed by atoms with E-state index in [9.17, 15) is 9.59 Å². The number of benzene rings is 1. The molecule has 25 heavy (non-hydrogen) atoms. The van der Waals surface area contributed by atoms with Gasteiger partial charge in [-0.05, 0) is 38.0 Å². The number of aryl methyl sites for hydroxylation is 1. The minimum atomic E-state index is -0.667. The molecule has 1 N–H and O–H groups in total. The van der Waals surface area contributed by atoms with E-state index in [0.29, 0.717) is 23.4 Å². The molecule has 7 nitrogen and oxygen atoms in total. The summed E-state index contributed by atoms with van der Waals surface area (Å²) in [5.74, 6) is -0.265. The van der Waals surface area contributed by atoms with E-state index in [2.05, 4.69) is 5.32 Å². The highest BCUT2D eigenvalue weighted by molar-refractivity contribution is 5.97. The lowest BCUT2D eigenvalue weighted by molar-refractivity contribution is -0.124. The van der Waals surface area contributed by atoms with Gasteiger partial charge in [0.1, 0.15) is 11.3 Å². The van der Waals surface area contributed by atoms with Crippen LogP contribution in [0.1, 0.15) is 29.0 Å². The molecule has 1 aromatic carbocycles. The van der Waals surface area contributed by atoms with Gasteiger partial charge in [-0.1, -0.05) is 0 Å². The summed E-state index contributed by atoms with van der Waals surface area (Å²) in [7, 11) is 1.57. The van der Waals surface area contributed by atoms with Crippen molar-refractivity contribution in [3.63, 3.8) is 0 Å². The third kappa shape index (κ3) is 3.93. The molecule has 1 fully saturated rings. The van der Waals surface area contributed by atoms with Gasteiger partial charge in [0.2, 0.25) is 5.76 Å².